The molecule has 0 aliphatic heterocycles. The highest BCUT2D eigenvalue weighted by Gasteiger charge is 2.36. The molecule has 0 saturated carbocycles. The van der Waals surface area contributed by atoms with Crippen LogP contribution in [0, 0.1) is 0 Å². The first-order chi connectivity index (χ1) is 12.6. The number of likely N-dealkylation sites (N-methyl/N-ethyl adjacent to an activating group) is 1. The molecule has 5 heteroatoms. The van der Waals surface area contributed by atoms with Crippen LogP contribution in [0.15, 0.2) is 35.7 Å². The first-order valence-electron chi connectivity index (χ1n) is 9.29. The standard InChI is InChI=1S/C22H31NO2SSi/c1-22(2,3)27(5,6)25-14-13-23(4)20-10-7-18(8-11-20)9-12-21-15-19(16-24)17-26-21/h7-12,15-17H,13-14H2,1-6H3/b12-9+. The number of aldehydes is 1. The van der Waals surface area contributed by atoms with Gasteiger partial charge in [0.2, 0.25) is 0 Å². The zero-order chi connectivity index (χ0) is 20.1. The van der Waals surface area contributed by atoms with Crippen LogP contribution in [-0.2, 0) is 4.43 Å². The second-order valence-electron chi connectivity index (χ2n) is 8.36. The van der Waals surface area contributed by atoms with Crippen molar-refractivity contribution in [2.75, 3.05) is 25.1 Å². The molecule has 27 heavy (non-hydrogen) atoms. The minimum Gasteiger partial charge on any atom is -0.415 e. The van der Waals surface area contributed by atoms with E-state index in [1.54, 1.807) is 11.3 Å². The molecule has 0 bridgehead atoms. The van der Waals surface area contributed by atoms with Gasteiger partial charge in [0.25, 0.3) is 0 Å². The van der Waals surface area contributed by atoms with Gasteiger partial charge in [-0.25, -0.2) is 0 Å². The summed E-state index contributed by atoms with van der Waals surface area (Å²) in [5.41, 5.74) is 3.06. The predicted molar refractivity (Wildman–Crippen MR) is 121 cm³/mol. The zero-order valence-corrected chi connectivity index (χ0v) is 19.1. The molecule has 0 unspecified atom stereocenters. The average Bonchev–Trinajstić information content (AvgIpc) is 3.07. The molecule has 1 aromatic carbocycles. The smallest absolute Gasteiger partial charge is 0.192 e. The van der Waals surface area contributed by atoms with E-state index >= 15 is 0 Å². The molecule has 0 aliphatic rings. The van der Waals surface area contributed by atoms with Crippen molar-refractivity contribution in [3.05, 3.63) is 51.7 Å². The Hall–Kier alpha value is -1.69. The topological polar surface area (TPSA) is 29.5 Å². The second-order valence-corrected chi connectivity index (χ2v) is 14.1. The van der Waals surface area contributed by atoms with Crippen molar-refractivity contribution < 1.29 is 9.22 Å². The van der Waals surface area contributed by atoms with E-state index in [0.29, 0.717) is 0 Å². The zero-order valence-electron chi connectivity index (χ0n) is 17.3. The molecule has 0 fully saturated rings. The summed E-state index contributed by atoms with van der Waals surface area (Å²) in [4.78, 5) is 14.1. The summed E-state index contributed by atoms with van der Waals surface area (Å²) in [6, 6.07) is 10.4. The monoisotopic (exact) mass is 401 g/mol. The van der Waals surface area contributed by atoms with Crippen LogP contribution < -0.4 is 4.90 Å². The highest BCUT2D eigenvalue weighted by Crippen LogP contribution is 2.36. The van der Waals surface area contributed by atoms with Crippen LogP contribution in [0.3, 0.4) is 0 Å². The van der Waals surface area contributed by atoms with E-state index in [-0.39, 0.29) is 5.04 Å². The summed E-state index contributed by atoms with van der Waals surface area (Å²) in [6.45, 7) is 13.0. The Bertz CT molecular complexity index is 772. The van der Waals surface area contributed by atoms with Crippen LogP contribution in [0.4, 0.5) is 5.69 Å². The van der Waals surface area contributed by atoms with Crippen molar-refractivity contribution in [3.8, 4) is 0 Å². The molecular weight excluding hydrogens is 370 g/mol. The predicted octanol–water partition coefficient (Wildman–Crippen LogP) is 6.19. The fourth-order valence-electron chi connectivity index (χ4n) is 2.32. The second kappa shape index (κ2) is 9.00. The normalized spacial score (nSPS) is 12.5. The van der Waals surface area contributed by atoms with Crippen molar-refractivity contribution >= 4 is 43.8 Å². The van der Waals surface area contributed by atoms with Crippen molar-refractivity contribution in [2.24, 2.45) is 0 Å². The lowest BCUT2D eigenvalue weighted by Gasteiger charge is -2.36. The van der Waals surface area contributed by atoms with Crippen molar-refractivity contribution in [3.63, 3.8) is 0 Å². The molecule has 0 saturated heterocycles. The Kier molecular flexibility index (Phi) is 7.20. The van der Waals surface area contributed by atoms with Crippen LogP contribution in [0.2, 0.25) is 18.1 Å². The van der Waals surface area contributed by atoms with Gasteiger partial charge in [0.05, 0.1) is 6.61 Å². The Morgan fingerprint density at radius 1 is 1.11 bits per heavy atom. The Morgan fingerprint density at radius 2 is 1.78 bits per heavy atom. The number of thiophene rings is 1. The largest absolute Gasteiger partial charge is 0.415 e. The van der Waals surface area contributed by atoms with Gasteiger partial charge in [0, 0.05) is 35.1 Å². The number of hydrogen-bond acceptors (Lipinski definition) is 4. The average molecular weight is 402 g/mol. The SMILES string of the molecule is CN(CCO[Si](C)(C)C(C)(C)C)c1ccc(/C=C/c2cc(C=O)cs2)cc1. The first-order valence-corrected chi connectivity index (χ1v) is 13.1. The fraction of sp³-hybridized carbons (Fsp3) is 0.409. The fourth-order valence-corrected chi connectivity index (χ4v) is 4.10. The summed E-state index contributed by atoms with van der Waals surface area (Å²) >= 11 is 1.58. The molecule has 0 aliphatic carbocycles. The minimum absolute atomic E-state index is 0.245. The Morgan fingerprint density at radius 3 is 2.33 bits per heavy atom. The molecule has 0 atom stereocenters. The van der Waals surface area contributed by atoms with E-state index < -0.39 is 8.32 Å². The third kappa shape index (κ3) is 6.16. The van der Waals surface area contributed by atoms with E-state index in [2.05, 4.69) is 76.2 Å². The lowest BCUT2D eigenvalue weighted by Crippen LogP contribution is -2.42. The first kappa shape index (κ1) is 21.6. The quantitative estimate of drug-likeness (QED) is 0.390. The van der Waals surface area contributed by atoms with Gasteiger partial charge in [-0.05, 0) is 48.0 Å². The van der Waals surface area contributed by atoms with Gasteiger partial charge in [-0.1, -0.05) is 39.0 Å². The molecule has 0 spiro atoms. The highest BCUT2D eigenvalue weighted by atomic mass is 32.1. The van der Waals surface area contributed by atoms with Gasteiger partial charge >= 0.3 is 0 Å². The molecule has 146 valence electrons. The number of benzene rings is 1. The van der Waals surface area contributed by atoms with Gasteiger partial charge in [0.1, 0.15) is 0 Å². The van der Waals surface area contributed by atoms with E-state index in [4.69, 9.17) is 4.43 Å². The molecule has 0 N–H and O–H groups in total. The lowest BCUT2D eigenvalue weighted by atomic mass is 10.1. The number of anilines is 1. The Labute approximate surface area is 168 Å². The lowest BCUT2D eigenvalue weighted by molar-refractivity contribution is 0.112. The maximum atomic E-state index is 10.7. The molecule has 0 radical (unpaired) electrons. The number of carbonyl (C=O) groups excluding carboxylic acids is 1. The molecule has 1 heterocycles. The third-order valence-corrected chi connectivity index (χ3v) is 10.7. The maximum absolute atomic E-state index is 10.7. The molecule has 1 aromatic heterocycles. The Balaban J connectivity index is 1.89. The van der Waals surface area contributed by atoms with Crippen LogP contribution in [0.1, 0.15) is 41.6 Å². The molecule has 0 amide bonds. The molecule has 2 aromatic rings. The van der Waals surface area contributed by atoms with Gasteiger partial charge < -0.3 is 9.33 Å². The van der Waals surface area contributed by atoms with E-state index in [1.165, 1.54) is 5.69 Å². The van der Waals surface area contributed by atoms with Crippen LogP contribution in [0.25, 0.3) is 12.2 Å². The third-order valence-electron chi connectivity index (χ3n) is 5.25. The van der Waals surface area contributed by atoms with Crippen molar-refractivity contribution in [1.29, 1.82) is 0 Å². The molecule has 2 rings (SSSR count). The minimum atomic E-state index is -1.68. The van der Waals surface area contributed by atoms with Gasteiger partial charge in [-0.3, -0.25) is 4.79 Å². The van der Waals surface area contributed by atoms with Crippen LogP contribution in [0.5, 0.6) is 0 Å². The van der Waals surface area contributed by atoms with E-state index in [9.17, 15) is 4.79 Å². The number of nitrogens with zero attached hydrogens (tertiary/aromatic N) is 1. The number of carbonyl (C=O) groups is 1. The van der Waals surface area contributed by atoms with E-state index in [1.807, 2.05) is 17.5 Å². The van der Waals surface area contributed by atoms with Crippen LogP contribution >= 0.6 is 11.3 Å². The summed E-state index contributed by atoms with van der Waals surface area (Å²) in [5.74, 6) is 0. The summed E-state index contributed by atoms with van der Waals surface area (Å²) in [7, 11) is 0.421. The van der Waals surface area contributed by atoms with E-state index in [0.717, 1.165) is 35.4 Å². The van der Waals surface area contributed by atoms with Crippen molar-refractivity contribution in [1.82, 2.24) is 0 Å². The van der Waals surface area contributed by atoms with Crippen molar-refractivity contribution in [2.45, 2.75) is 38.9 Å². The summed E-state index contributed by atoms with van der Waals surface area (Å²) < 4.78 is 6.27. The molecular formula is C22H31NO2SSi. The highest BCUT2D eigenvalue weighted by molar-refractivity contribution is 7.11. The summed E-state index contributed by atoms with van der Waals surface area (Å²) in [6.07, 6.45) is 5.00. The molecule has 3 nitrogen and oxygen atoms in total. The van der Waals surface area contributed by atoms with Gasteiger partial charge in [0.15, 0.2) is 14.6 Å². The maximum Gasteiger partial charge on any atom is 0.192 e. The van der Waals surface area contributed by atoms with Crippen LogP contribution in [-0.4, -0.2) is 34.8 Å². The summed E-state index contributed by atoms with van der Waals surface area (Å²) in [5, 5.41) is 2.12. The number of hydrogen-bond donors (Lipinski definition) is 0. The van der Waals surface area contributed by atoms with Gasteiger partial charge in [-0.2, -0.15) is 0 Å². The van der Waals surface area contributed by atoms with Gasteiger partial charge in [-0.15, -0.1) is 11.3 Å². The number of rotatable bonds is 8.